The van der Waals surface area contributed by atoms with Crippen molar-refractivity contribution in [2.45, 2.75) is 19.8 Å². The summed E-state index contributed by atoms with van der Waals surface area (Å²) >= 11 is 5.67. The average molecular weight is 256 g/mol. The number of halogens is 1. The second kappa shape index (κ2) is 6.85. The molecular formula is C11H14ClN3O2. The van der Waals surface area contributed by atoms with Gasteiger partial charge >= 0.3 is 0 Å². The molecule has 0 aliphatic carbocycles. The molecule has 1 rings (SSSR count). The maximum Gasteiger partial charge on any atom is 0.253 e. The van der Waals surface area contributed by atoms with Gasteiger partial charge in [-0.25, -0.2) is 4.98 Å². The Balaban J connectivity index is 2.71. The molecule has 0 aliphatic rings. The lowest BCUT2D eigenvalue weighted by molar-refractivity contribution is -0.403. The molecule has 0 spiro atoms. The van der Waals surface area contributed by atoms with Gasteiger partial charge in [0.2, 0.25) is 0 Å². The summed E-state index contributed by atoms with van der Waals surface area (Å²) in [5.41, 5.74) is 1.45. The molecule has 0 aliphatic heterocycles. The molecule has 0 bridgehead atoms. The maximum absolute atomic E-state index is 10.5. The predicted octanol–water partition coefficient (Wildman–Crippen LogP) is 2.40. The molecule has 92 valence electrons. The van der Waals surface area contributed by atoms with Crippen LogP contribution in [-0.4, -0.2) is 16.5 Å². The summed E-state index contributed by atoms with van der Waals surface area (Å²) in [5.74, 6) is 0. The number of aromatic nitrogens is 1. The fourth-order valence-electron chi connectivity index (χ4n) is 1.30. The second-order valence-corrected chi connectivity index (χ2v) is 3.92. The SMILES string of the molecule is CCCNC(=C[N+](=O)[O-])Cc1ccc(Cl)nc1. The zero-order valence-electron chi connectivity index (χ0n) is 9.52. The topological polar surface area (TPSA) is 68.1 Å². The summed E-state index contributed by atoms with van der Waals surface area (Å²) in [7, 11) is 0. The highest BCUT2D eigenvalue weighted by molar-refractivity contribution is 6.29. The van der Waals surface area contributed by atoms with Crippen LogP contribution in [0.2, 0.25) is 5.15 Å². The molecule has 6 heteroatoms. The molecule has 0 saturated heterocycles. The molecule has 17 heavy (non-hydrogen) atoms. The Morgan fingerprint density at radius 2 is 2.41 bits per heavy atom. The molecule has 5 nitrogen and oxygen atoms in total. The van der Waals surface area contributed by atoms with Gasteiger partial charge in [-0.2, -0.15) is 0 Å². The molecule has 1 aromatic rings. The van der Waals surface area contributed by atoms with Gasteiger partial charge in [-0.05, 0) is 18.1 Å². The molecule has 0 saturated carbocycles. The first kappa shape index (κ1) is 13.4. The van der Waals surface area contributed by atoms with E-state index in [1.807, 2.05) is 6.92 Å². The largest absolute Gasteiger partial charge is 0.383 e. The van der Waals surface area contributed by atoms with Crippen molar-refractivity contribution in [3.63, 3.8) is 0 Å². The van der Waals surface area contributed by atoms with E-state index in [1.165, 1.54) is 0 Å². The van der Waals surface area contributed by atoms with E-state index in [-0.39, 0.29) is 0 Å². The number of pyridine rings is 1. The lowest BCUT2D eigenvalue weighted by Crippen LogP contribution is -2.17. The third-order valence-electron chi connectivity index (χ3n) is 2.05. The number of rotatable bonds is 6. The van der Waals surface area contributed by atoms with Gasteiger partial charge in [0.05, 0.1) is 10.6 Å². The molecule has 1 N–H and O–H groups in total. The van der Waals surface area contributed by atoms with E-state index in [0.717, 1.165) is 18.2 Å². The Bertz CT molecular complexity index is 404. The first-order valence-corrected chi connectivity index (χ1v) is 5.68. The summed E-state index contributed by atoms with van der Waals surface area (Å²) in [6.45, 7) is 2.71. The fraction of sp³-hybridized carbons (Fsp3) is 0.364. The van der Waals surface area contributed by atoms with E-state index in [1.54, 1.807) is 18.3 Å². The highest BCUT2D eigenvalue weighted by Gasteiger charge is 2.04. The summed E-state index contributed by atoms with van der Waals surface area (Å²) in [4.78, 5) is 13.9. The Hall–Kier alpha value is -1.62. The quantitative estimate of drug-likeness (QED) is 0.481. The highest BCUT2D eigenvalue weighted by Crippen LogP contribution is 2.09. The Labute approximate surface area is 105 Å². The van der Waals surface area contributed by atoms with Gasteiger partial charge in [0.15, 0.2) is 0 Å². The molecule has 0 unspecified atom stereocenters. The van der Waals surface area contributed by atoms with Crippen LogP contribution in [0.1, 0.15) is 18.9 Å². The van der Waals surface area contributed by atoms with Gasteiger partial charge in [0.1, 0.15) is 5.15 Å². The normalized spacial score (nSPS) is 11.3. The maximum atomic E-state index is 10.5. The second-order valence-electron chi connectivity index (χ2n) is 3.53. The van der Waals surface area contributed by atoms with E-state index in [4.69, 9.17) is 11.6 Å². The Kier molecular flexibility index (Phi) is 5.42. The number of nitro groups is 1. The number of allylic oxidation sites excluding steroid dienone is 1. The lowest BCUT2D eigenvalue weighted by Gasteiger charge is -2.07. The van der Waals surface area contributed by atoms with Crippen LogP contribution in [-0.2, 0) is 6.42 Å². The van der Waals surface area contributed by atoms with Crippen molar-refractivity contribution in [3.05, 3.63) is 51.1 Å². The van der Waals surface area contributed by atoms with Gasteiger partial charge in [-0.3, -0.25) is 10.1 Å². The lowest BCUT2D eigenvalue weighted by atomic mass is 10.1. The van der Waals surface area contributed by atoms with E-state index < -0.39 is 4.92 Å². The van der Waals surface area contributed by atoms with Crippen molar-refractivity contribution in [2.24, 2.45) is 0 Å². The minimum absolute atomic E-state index is 0.412. The fourth-order valence-corrected chi connectivity index (χ4v) is 1.41. The van der Waals surface area contributed by atoms with Crippen LogP contribution in [0.25, 0.3) is 0 Å². The number of nitrogens with zero attached hydrogens (tertiary/aromatic N) is 2. The number of hydrogen-bond donors (Lipinski definition) is 1. The van der Waals surface area contributed by atoms with Crippen molar-refractivity contribution < 1.29 is 4.92 Å². The van der Waals surface area contributed by atoms with Crippen molar-refractivity contribution >= 4 is 11.6 Å². The summed E-state index contributed by atoms with van der Waals surface area (Å²) < 4.78 is 0. The monoisotopic (exact) mass is 255 g/mol. The molecule has 0 fully saturated rings. The van der Waals surface area contributed by atoms with Gasteiger partial charge < -0.3 is 5.32 Å². The van der Waals surface area contributed by atoms with E-state index in [0.29, 0.717) is 23.8 Å². The third kappa shape index (κ3) is 5.31. The molecule has 1 heterocycles. The van der Waals surface area contributed by atoms with Crippen LogP contribution >= 0.6 is 11.6 Å². The van der Waals surface area contributed by atoms with E-state index in [9.17, 15) is 10.1 Å². The molecule has 0 radical (unpaired) electrons. The van der Waals surface area contributed by atoms with Crippen LogP contribution in [0.3, 0.4) is 0 Å². The highest BCUT2D eigenvalue weighted by atomic mass is 35.5. The average Bonchev–Trinajstić information content (AvgIpc) is 2.28. The molecule has 0 atom stereocenters. The third-order valence-corrected chi connectivity index (χ3v) is 2.27. The van der Waals surface area contributed by atoms with E-state index in [2.05, 4.69) is 10.3 Å². The van der Waals surface area contributed by atoms with E-state index >= 15 is 0 Å². The van der Waals surface area contributed by atoms with Crippen molar-refractivity contribution in [1.82, 2.24) is 10.3 Å². The number of hydrogen-bond acceptors (Lipinski definition) is 4. The number of nitrogens with one attached hydrogen (secondary N) is 1. The Morgan fingerprint density at radius 3 is 2.94 bits per heavy atom. The van der Waals surface area contributed by atoms with Gasteiger partial charge in [-0.1, -0.05) is 24.6 Å². The molecule has 1 aromatic heterocycles. The smallest absolute Gasteiger partial charge is 0.253 e. The zero-order valence-corrected chi connectivity index (χ0v) is 10.3. The van der Waals surface area contributed by atoms with Crippen molar-refractivity contribution in [1.29, 1.82) is 0 Å². The first-order valence-electron chi connectivity index (χ1n) is 5.30. The zero-order chi connectivity index (χ0) is 12.7. The summed E-state index contributed by atoms with van der Waals surface area (Å²) in [6.07, 6.45) is 3.97. The van der Waals surface area contributed by atoms with Crippen LogP contribution in [0, 0.1) is 10.1 Å². The standard InChI is InChI=1S/C11H14ClN3O2/c1-2-5-13-10(8-15(16)17)6-9-3-4-11(12)14-7-9/h3-4,7-8,13H,2,5-6H2,1H3. The van der Waals surface area contributed by atoms with Crippen molar-refractivity contribution in [3.8, 4) is 0 Å². The minimum atomic E-state index is -0.457. The molecule has 0 aromatic carbocycles. The molecule has 0 amide bonds. The van der Waals surface area contributed by atoms with Gasteiger partial charge in [-0.15, -0.1) is 0 Å². The van der Waals surface area contributed by atoms with Gasteiger partial charge in [0.25, 0.3) is 6.20 Å². The summed E-state index contributed by atoms with van der Waals surface area (Å²) in [5, 5.41) is 13.9. The van der Waals surface area contributed by atoms with Gasteiger partial charge in [0, 0.05) is 19.2 Å². The predicted molar refractivity (Wildman–Crippen MR) is 66.3 cm³/mol. The van der Waals surface area contributed by atoms with Crippen LogP contribution in [0.15, 0.2) is 30.2 Å². The minimum Gasteiger partial charge on any atom is -0.383 e. The van der Waals surface area contributed by atoms with Crippen LogP contribution in [0.5, 0.6) is 0 Å². The summed E-state index contributed by atoms with van der Waals surface area (Å²) in [6, 6.07) is 3.47. The Morgan fingerprint density at radius 1 is 1.65 bits per heavy atom. The van der Waals surface area contributed by atoms with Crippen LogP contribution in [0.4, 0.5) is 0 Å². The molecular weight excluding hydrogens is 242 g/mol. The van der Waals surface area contributed by atoms with Crippen molar-refractivity contribution in [2.75, 3.05) is 6.54 Å². The first-order chi connectivity index (χ1) is 8.11. The van der Waals surface area contributed by atoms with Crippen LogP contribution < -0.4 is 5.32 Å².